The Kier molecular flexibility index (Phi) is 9.40. The van der Waals surface area contributed by atoms with Gasteiger partial charge < -0.3 is 4.42 Å². The highest BCUT2D eigenvalue weighted by Gasteiger charge is 2.38. The monoisotopic (exact) mass is 791 g/mol. The van der Waals surface area contributed by atoms with Crippen molar-refractivity contribution < 1.29 is 4.42 Å². The van der Waals surface area contributed by atoms with Crippen LogP contribution in [0, 0.1) is 0 Å². The maximum atomic E-state index is 7.31. The first-order chi connectivity index (χ1) is 29.7. The fraction of sp³-hybridized carbons (Fsp3) is 0.0667. The van der Waals surface area contributed by atoms with Crippen molar-refractivity contribution in [2.75, 3.05) is 0 Å². The van der Waals surface area contributed by atoms with Crippen LogP contribution in [0.5, 0.6) is 0 Å². The van der Waals surface area contributed by atoms with E-state index < -0.39 is 0 Å². The first kappa shape index (κ1) is 42.4. The lowest BCUT2D eigenvalue weighted by molar-refractivity contribution is 0.660. The molecule has 0 bridgehead atoms. The Labute approximate surface area is 388 Å². The lowest BCUT2D eigenvalue weighted by Gasteiger charge is -2.30. The molecule has 0 saturated heterocycles. The Morgan fingerprint density at radius 3 is 1.21 bits per heavy atom. The van der Waals surface area contributed by atoms with Gasteiger partial charge in [-0.3, -0.25) is 0 Å². The van der Waals surface area contributed by atoms with Crippen LogP contribution >= 0.6 is 0 Å². The van der Waals surface area contributed by atoms with Crippen LogP contribution in [-0.4, -0.2) is 133 Å². The summed E-state index contributed by atoms with van der Waals surface area (Å²) in [5.74, 6) is 0. The van der Waals surface area contributed by atoms with Crippen molar-refractivity contribution in [1.82, 2.24) is 0 Å². The van der Waals surface area contributed by atoms with Crippen LogP contribution in [-0.2, 0) is 5.41 Å². The van der Waals surface area contributed by atoms with Crippen LogP contribution in [0.2, 0.25) is 0 Å². The third-order valence-electron chi connectivity index (χ3n) is 17.7. The highest BCUT2D eigenvalue weighted by atomic mass is 16.3. The van der Waals surface area contributed by atoms with Gasteiger partial charge in [-0.25, -0.2) is 0 Å². The third kappa shape index (κ3) is 5.19. The zero-order valence-electron chi connectivity index (χ0n) is 41.4. The molecule has 0 amide bonds. The van der Waals surface area contributed by atoms with Crippen LogP contribution in [0.15, 0.2) is 46.9 Å². The summed E-state index contributed by atoms with van der Waals surface area (Å²) in [7, 11) is 39.9. The number of furan rings is 1. The van der Waals surface area contributed by atoms with E-state index in [1.54, 1.807) is 0 Å². The van der Waals surface area contributed by atoms with E-state index in [4.69, 9.17) is 4.42 Å². The molecule has 10 rings (SSSR count). The summed E-state index contributed by atoms with van der Waals surface area (Å²) >= 11 is 0. The molecule has 18 heteroatoms. The fourth-order valence-electron chi connectivity index (χ4n) is 12.8. The lowest BCUT2D eigenvalue weighted by Crippen LogP contribution is -2.50. The number of rotatable bonds is 2. The first-order valence-corrected chi connectivity index (χ1v) is 23.2. The molecule has 63 heavy (non-hydrogen) atoms. The van der Waals surface area contributed by atoms with Gasteiger partial charge in [0.25, 0.3) is 0 Å². The van der Waals surface area contributed by atoms with Gasteiger partial charge in [0.05, 0.1) is 0 Å². The minimum atomic E-state index is -0.104. The van der Waals surface area contributed by atoms with E-state index in [1.807, 2.05) is 0 Å². The van der Waals surface area contributed by atoms with Crippen LogP contribution in [0.3, 0.4) is 0 Å². The maximum absolute atomic E-state index is 7.31. The van der Waals surface area contributed by atoms with Crippen molar-refractivity contribution in [2.45, 2.75) is 19.3 Å². The van der Waals surface area contributed by atoms with Gasteiger partial charge in [0.15, 0.2) is 0 Å². The second kappa shape index (κ2) is 14.0. The molecular weight excluding hydrogens is 740 g/mol. The highest BCUT2D eigenvalue weighted by molar-refractivity contribution is 6.74. The number of benzene rings is 8. The summed E-state index contributed by atoms with van der Waals surface area (Å²) in [6, 6.07) is 16.3. The second-order valence-electron chi connectivity index (χ2n) is 20.4. The van der Waals surface area contributed by atoms with E-state index in [0.29, 0.717) is 0 Å². The molecule has 0 unspecified atom stereocenters. The van der Waals surface area contributed by atoms with Crippen molar-refractivity contribution in [1.29, 1.82) is 0 Å². The molecule has 1 aromatic heterocycles. The minimum absolute atomic E-state index is 0.104. The van der Waals surface area contributed by atoms with Gasteiger partial charge in [0.1, 0.15) is 145 Å². The number of fused-ring (bicyclic) bond motifs is 10. The molecule has 9 aromatic rings. The average Bonchev–Trinajstić information content (AvgIpc) is 3.78. The van der Waals surface area contributed by atoms with Crippen molar-refractivity contribution in [3.8, 4) is 33.4 Å². The second-order valence-corrected chi connectivity index (χ2v) is 20.4. The van der Waals surface area contributed by atoms with Gasteiger partial charge in [0, 0.05) is 21.6 Å². The molecule has 0 N–H and O–H groups in total. The van der Waals surface area contributed by atoms with E-state index in [0.717, 1.165) is 11.2 Å². The van der Waals surface area contributed by atoms with Crippen molar-refractivity contribution in [2.24, 2.45) is 0 Å². The summed E-state index contributed by atoms with van der Waals surface area (Å²) in [5, 5.41) is 10.7. The van der Waals surface area contributed by atoms with Crippen molar-refractivity contribution >= 4 is 281 Å². The first-order valence-electron chi connectivity index (χ1n) is 23.2. The van der Waals surface area contributed by atoms with Crippen LogP contribution < -0.4 is 92.9 Å². The van der Waals surface area contributed by atoms with Gasteiger partial charge in [-0.2, -0.15) is 0 Å². The molecule has 0 radical (unpaired) electrons. The molecule has 1 heterocycles. The van der Waals surface area contributed by atoms with Gasteiger partial charge >= 0.3 is 0 Å². The molecule has 1 aliphatic carbocycles. The van der Waals surface area contributed by atoms with E-state index in [1.165, 1.54) is 180 Å². The van der Waals surface area contributed by atoms with E-state index >= 15 is 0 Å². The summed E-state index contributed by atoms with van der Waals surface area (Å²) in [4.78, 5) is 0. The zero-order valence-corrected chi connectivity index (χ0v) is 41.4. The Morgan fingerprint density at radius 2 is 0.667 bits per heavy atom. The Morgan fingerprint density at radius 1 is 0.286 bits per heavy atom. The average molecular weight is 788 g/mol. The quantitative estimate of drug-likeness (QED) is 0.126. The molecule has 0 spiro atoms. The van der Waals surface area contributed by atoms with Gasteiger partial charge in [-0.1, -0.05) is 116 Å². The zero-order chi connectivity index (χ0) is 45.4. The molecule has 1 nitrogen and oxygen atoms in total. The standard InChI is InChI=1S/C45H47B17O/c1-45(2)12-8-4-3-6-10(12)14-11(7-5-9-13(14)45)15-17-19(29(49)38(58)36(56)27(17)47)16(20-18(15)28(48)37(57)39(59)30(20)50)21-26(46)24-25-34(54)31(51)22-23(35(55)41(61)40(60)32(22)52)43(25)63-44(24)42(62)33(21)53/h3-9H,46-62H2,1-2H3. The molecule has 1 aliphatic rings. The van der Waals surface area contributed by atoms with Crippen LogP contribution in [0.25, 0.3) is 87.6 Å². The molecule has 284 valence electrons. The SMILES string of the molecule is Bc1c(-c2c3c(B)c(B)c(B)c(B)c3c(-c3cccc4c3-c3ccccc3C4(C)C)c3c(B)c(B)c(B)c(B)c23)c(B)c2c(oc3c4c(B)c(B)c(B)c(B)c4c(B)c(B)c32)c1B. The largest absolute Gasteiger partial charge is 0.456 e. The Balaban J connectivity index is 1.49. The van der Waals surface area contributed by atoms with Crippen LogP contribution in [0.4, 0.5) is 0 Å². The Hall–Kier alpha value is -4.56. The van der Waals surface area contributed by atoms with E-state index in [9.17, 15) is 0 Å². The third-order valence-corrected chi connectivity index (χ3v) is 17.7. The van der Waals surface area contributed by atoms with Crippen LogP contribution in [0.1, 0.15) is 25.0 Å². The van der Waals surface area contributed by atoms with E-state index in [2.05, 4.69) is 190 Å². The van der Waals surface area contributed by atoms with Gasteiger partial charge in [-0.15, -0.1) is 32.8 Å². The molecule has 0 saturated carbocycles. The van der Waals surface area contributed by atoms with Crippen molar-refractivity contribution in [3.05, 3.63) is 53.6 Å². The lowest BCUT2D eigenvalue weighted by atomic mass is 9.58. The van der Waals surface area contributed by atoms with Gasteiger partial charge in [-0.05, 0) is 71.4 Å². The molecule has 0 atom stereocenters. The predicted octanol–water partition coefficient (Wildman–Crippen LogP) is -16.9. The highest BCUT2D eigenvalue weighted by Crippen LogP contribution is 2.53. The fourth-order valence-corrected chi connectivity index (χ4v) is 12.8. The maximum Gasteiger partial charge on any atom is 0.143 e. The number of hydrogen-bond acceptors (Lipinski definition) is 1. The number of hydrogen-bond donors (Lipinski definition) is 0. The minimum Gasteiger partial charge on any atom is -0.456 e. The smallest absolute Gasteiger partial charge is 0.143 e. The molecule has 0 aliphatic heterocycles. The molecular formula is C45H47B17O. The molecule has 0 fully saturated rings. The molecule has 8 aromatic carbocycles. The normalized spacial score (nSPS) is 13.2. The summed E-state index contributed by atoms with van der Waals surface area (Å²) in [6.07, 6.45) is 0. The summed E-state index contributed by atoms with van der Waals surface area (Å²) < 4.78 is 7.31. The summed E-state index contributed by atoms with van der Waals surface area (Å²) in [5.41, 5.74) is 36.0. The predicted molar refractivity (Wildman–Crippen MR) is 334 cm³/mol. The topological polar surface area (TPSA) is 13.1 Å². The van der Waals surface area contributed by atoms with E-state index in [-0.39, 0.29) is 5.41 Å². The van der Waals surface area contributed by atoms with Gasteiger partial charge in [0.2, 0.25) is 0 Å². The summed E-state index contributed by atoms with van der Waals surface area (Å²) in [6.45, 7) is 4.82. The Bertz CT molecular complexity index is 3600. The van der Waals surface area contributed by atoms with Crippen molar-refractivity contribution in [3.63, 3.8) is 0 Å².